The second-order valence-corrected chi connectivity index (χ2v) is 3.37. The molecule has 4 heteroatoms. The van der Waals surface area contributed by atoms with E-state index in [1.807, 2.05) is 0 Å². The maximum absolute atomic E-state index is 12.7. The lowest BCUT2D eigenvalue weighted by molar-refractivity contribution is -0.142. The second-order valence-electron chi connectivity index (χ2n) is 2.52. The summed E-state index contributed by atoms with van der Waals surface area (Å²) in [7, 11) is 0. The zero-order valence-corrected chi connectivity index (χ0v) is 8.60. The van der Waals surface area contributed by atoms with Gasteiger partial charge in [0.25, 0.3) is 0 Å². The second kappa shape index (κ2) is 4.37. The van der Waals surface area contributed by atoms with Crippen LogP contribution in [0.15, 0.2) is 22.7 Å². The molecule has 0 heterocycles. The molecule has 0 unspecified atom stereocenters. The first-order valence-corrected chi connectivity index (χ1v) is 4.46. The van der Waals surface area contributed by atoms with Gasteiger partial charge in [0.05, 0.1) is 0 Å². The monoisotopic (exact) mass is 246 g/mol. The van der Waals surface area contributed by atoms with Gasteiger partial charge in [0, 0.05) is 17.0 Å². The van der Waals surface area contributed by atoms with Crippen LogP contribution in [0, 0.1) is 5.82 Å². The van der Waals surface area contributed by atoms with Crippen molar-refractivity contribution < 1.29 is 13.9 Å². The van der Waals surface area contributed by atoms with E-state index >= 15 is 0 Å². The number of carbonyl (C=O) groups is 1. The van der Waals surface area contributed by atoms with E-state index in [2.05, 4.69) is 15.9 Å². The number of hydrogen-bond acceptors (Lipinski definition) is 2. The Morgan fingerprint density at radius 2 is 2.31 bits per heavy atom. The molecule has 0 N–H and O–H groups in total. The highest BCUT2D eigenvalue weighted by Crippen LogP contribution is 2.18. The smallest absolute Gasteiger partial charge is 0.302 e. The summed E-state index contributed by atoms with van der Waals surface area (Å²) in [5.41, 5.74) is 0.621. The molecule has 0 saturated heterocycles. The Morgan fingerprint density at radius 3 is 2.92 bits per heavy atom. The fourth-order valence-electron chi connectivity index (χ4n) is 0.833. The molecule has 1 rings (SSSR count). The number of rotatable bonds is 2. The Hall–Kier alpha value is -0.900. The van der Waals surface area contributed by atoms with Crippen LogP contribution in [0.2, 0.25) is 0 Å². The molecule has 0 amide bonds. The Labute approximate surface area is 83.8 Å². The van der Waals surface area contributed by atoms with Gasteiger partial charge in [0.1, 0.15) is 12.4 Å². The average molecular weight is 247 g/mol. The van der Waals surface area contributed by atoms with Crippen LogP contribution in [0.1, 0.15) is 12.5 Å². The average Bonchev–Trinajstić information content (AvgIpc) is 2.06. The van der Waals surface area contributed by atoms with Gasteiger partial charge in [-0.25, -0.2) is 4.39 Å². The fraction of sp³-hybridized carbons (Fsp3) is 0.222. The molecule has 0 spiro atoms. The number of hydrogen-bond donors (Lipinski definition) is 0. The van der Waals surface area contributed by atoms with Crippen molar-refractivity contribution in [1.29, 1.82) is 0 Å². The molecule has 2 nitrogen and oxygen atoms in total. The molecular formula is C9H8BrFO2. The normalized spacial score (nSPS) is 9.77. The summed E-state index contributed by atoms with van der Waals surface area (Å²) in [6.45, 7) is 1.40. The maximum Gasteiger partial charge on any atom is 0.302 e. The van der Waals surface area contributed by atoms with Crippen LogP contribution in [-0.2, 0) is 16.1 Å². The Kier molecular flexibility index (Phi) is 3.42. The van der Waals surface area contributed by atoms with Crippen molar-refractivity contribution in [1.82, 2.24) is 0 Å². The molecule has 13 heavy (non-hydrogen) atoms. The summed E-state index contributed by atoms with van der Waals surface area (Å²) >= 11 is 3.22. The molecule has 70 valence electrons. The minimum atomic E-state index is -0.379. The van der Waals surface area contributed by atoms with Gasteiger partial charge in [-0.05, 0) is 18.2 Å². The Bertz CT molecular complexity index is 325. The lowest BCUT2D eigenvalue weighted by Gasteiger charge is -2.04. The molecule has 0 bridgehead atoms. The number of ether oxygens (including phenoxy) is 1. The molecule has 0 aromatic heterocycles. The third kappa shape index (κ3) is 3.14. The van der Waals surface area contributed by atoms with Gasteiger partial charge >= 0.3 is 5.97 Å². The molecule has 0 saturated carbocycles. The van der Waals surface area contributed by atoms with E-state index in [1.54, 1.807) is 6.07 Å². The van der Waals surface area contributed by atoms with E-state index in [0.717, 1.165) is 4.47 Å². The lowest BCUT2D eigenvalue weighted by Crippen LogP contribution is -1.99. The summed E-state index contributed by atoms with van der Waals surface area (Å²) in [4.78, 5) is 10.5. The van der Waals surface area contributed by atoms with Gasteiger partial charge in [-0.1, -0.05) is 15.9 Å². The van der Waals surface area contributed by atoms with Crippen LogP contribution in [0.3, 0.4) is 0 Å². The van der Waals surface area contributed by atoms with Gasteiger partial charge in [-0.2, -0.15) is 0 Å². The summed E-state index contributed by atoms with van der Waals surface area (Å²) in [6.07, 6.45) is 0. The third-order valence-corrected chi connectivity index (χ3v) is 2.21. The number of esters is 1. The van der Waals surface area contributed by atoms with Crippen LogP contribution >= 0.6 is 15.9 Å². The summed E-state index contributed by atoms with van der Waals surface area (Å²) in [6, 6.07) is 4.24. The van der Waals surface area contributed by atoms with Crippen LogP contribution in [0.25, 0.3) is 0 Å². The van der Waals surface area contributed by atoms with Crippen LogP contribution in [0.5, 0.6) is 0 Å². The topological polar surface area (TPSA) is 26.3 Å². The summed E-state index contributed by atoms with van der Waals surface area (Å²) in [5.74, 6) is -0.721. The molecule has 1 aromatic rings. The molecular weight excluding hydrogens is 239 g/mol. The van der Waals surface area contributed by atoms with E-state index in [4.69, 9.17) is 4.74 Å². The Balaban J connectivity index is 2.75. The van der Waals surface area contributed by atoms with Gasteiger partial charge in [0.2, 0.25) is 0 Å². The minimum absolute atomic E-state index is 0.0909. The summed E-state index contributed by atoms with van der Waals surface area (Å²) in [5, 5.41) is 0. The van der Waals surface area contributed by atoms with Crippen molar-refractivity contribution in [2.24, 2.45) is 0 Å². The standard InChI is InChI=1S/C9H8BrFO2/c1-6(12)13-5-7-4-8(11)2-3-9(7)10/h2-4H,5H2,1H3. The van der Waals surface area contributed by atoms with E-state index in [9.17, 15) is 9.18 Å². The number of benzene rings is 1. The zero-order chi connectivity index (χ0) is 9.84. The van der Waals surface area contributed by atoms with Crippen molar-refractivity contribution in [2.45, 2.75) is 13.5 Å². The zero-order valence-electron chi connectivity index (χ0n) is 7.01. The minimum Gasteiger partial charge on any atom is -0.461 e. The number of halogens is 2. The lowest BCUT2D eigenvalue weighted by atomic mass is 10.2. The Morgan fingerprint density at radius 1 is 1.62 bits per heavy atom. The summed E-state index contributed by atoms with van der Waals surface area (Å²) < 4.78 is 18.2. The fourth-order valence-corrected chi connectivity index (χ4v) is 1.19. The largest absolute Gasteiger partial charge is 0.461 e. The van der Waals surface area contributed by atoms with Crippen molar-refractivity contribution in [2.75, 3.05) is 0 Å². The van der Waals surface area contributed by atoms with Crippen molar-refractivity contribution >= 4 is 21.9 Å². The van der Waals surface area contributed by atoms with Crippen molar-refractivity contribution in [3.8, 4) is 0 Å². The van der Waals surface area contributed by atoms with E-state index in [1.165, 1.54) is 19.1 Å². The highest BCUT2D eigenvalue weighted by molar-refractivity contribution is 9.10. The van der Waals surface area contributed by atoms with Gasteiger partial charge in [-0.3, -0.25) is 4.79 Å². The third-order valence-electron chi connectivity index (χ3n) is 1.44. The van der Waals surface area contributed by atoms with Gasteiger partial charge in [-0.15, -0.1) is 0 Å². The molecule has 0 atom stereocenters. The highest BCUT2D eigenvalue weighted by atomic mass is 79.9. The molecule has 1 aromatic carbocycles. The van der Waals surface area contributed by atoms with Crippen LogP contribution in [-0.4, -0.2) is 5.97 Å². The van der Waals surface area contributed by atoms with E-state index in [0.29, 0.717) is 5.56 Å². The number of carbonyl (C=O) groups excluding carboxylic acids is 1. The molecule has 0 fully saturated rings. The molecule has 0 aliphatic rings. The predicted molar refractivity (Wildman–Crippen MR) is 49.6 cm³/mol. The van der Waals surface area contributed by atoms with Gasteiger partial charge in [0.15, 0.2) is 0 Å². The molecule has 0 aliphatic heterocycles. The first kappa shape index (κ1) is 10.2. The van der Waals surface area contributed by atoms with Crippen molar-refractivity contribution in [3.05, 3.63) is 34.1 Å². The first-order chi connectivity index (χ1) is 6.09. The van der Waals surface area contributed by atoms with Crippen molar-refractivity contribution in [3.63, 3.8) is 0 Å². The van der Waals surface area contributed by atoms with Crippen LogP contribution in [0.4, 0.5) is 4.39 Å². The van der Waals surface area contributed by atoms with Crippen LogP contribution < -0.4 is 0 Å². The predicted octanol–water partition coefficient (Wildman–Crippen LogP) is 2.65. The van der Waals surface area contributed by atoms with E-state index in [-0.39, 0.29) is 18.4 Å². The highest BCUT2D eigenvalue weighted by Gasteiger charge is 2.03. The molecule has 0 radical (unpaired) electrons. The molecule has 0 aliphatic carbocycles. The maximum atomic E-state index is 12.7. The van der Waals surface area contributed by atoms with E-state index < -0.39 is 0 Å². The van der Waals surface area contributed by atoms with Gasteiger partial charge < -0.3 is 4.74 Å². The SMILES string of the molecule is CC(=O)OCc1cc(F)ccc1Br. The quantitative estimate of drug-likeness (QED) is 0.751. The first-order valence-electron chi connectivity index (χ1n) is 3.67.